The number of likely N-dealkylation sites (N-methyl/N-ethyl adjacent to an activating group) is 1. The molecule has 0 bridgehead atoms. The van der Waals surface area contributed by atoms with Crippen LogP contribution < -0.4 is 10.1 Å². The maximum atomic E-state index is 12.0. The summed E-state index contributed by atoms with van der Waals surface area (Å²) in [6, 6.07) is 7.02. The van der Waals surface area contributed by atoms with E-state index >= 15 is 0 Å². The average Bonchev–Trinajstić information content (AvgIpc) is 2.84. The number of carbonyl (C=O) groups is 1. The van der Waals surface area contributed by atoms with Crippen molar-refractivity contribution in [2.24, 2.45) is 0 Å². The van der Waals surface area contributed by atoms with E-state index < -0.39 is 9.84 Å². The molecule has 0 aliphatic carbocycles. The highest BCUT2D eigenvalue weighted by atomic mass is 32.2. The first-order valence-corrected chi connectivity index (χ1v) is 8.60. The number of nitrogens with one attached hydrogen (secondary N) is 1. The molecule has 0 radical (unpaired) electrons. The molecule has 1 atom stereocenters. The van der Waals surface area contributed by atoms with Gasteiger partial charge in [0.05, 0.1) is 11.5 Å². The average molecular weight is 312 g/mol. The van der Waals surface area contributed by atoms with E-state index in [-0.39, 0.29) is 30.1 Å². The number of benzene rings is 1. The van der Waals surface area contributed by atoms with E-state index in [0.717, 1.165) is 5.69 Å². The molecule has 1 unspecified atom stereocenters. The Morgan fingerprint density at radius 1 is 1.38 bits per heavy atom. The third kappa shape index (κ3) is 4.10. The highest BCUT2D eigenvalue weighted by molar-refractivity contribution is 7.91. The molecular formula is C14H20N2O4S. The standard InChI is InChI=1S/C14H20N2O4S/c1-15-11-3-5-13(6-4-11)20-9-14(17)16(2)12-7-8-21(18,19)10-12/h3-6,12,15H,7-10H2,1-2H3. The van der Waals surface area contributed by atoms with E-state index in [0.29, 0.717) is 12.2 Å². The van der Waals surface area contributed by atoms with Gasteiger partial charge in [-0.1, -0.05) is 0 Å². The van der Waals surface area contributed by atoms with Crippen LogP contribution in [0.25, 0.3) is 0 Å². The zero-order valence-electron chi connectivity index (χ0n) is 12.2. The van der Waals surface area contributed by atoms with Crippen LogP contribution in [-0.4, -0.2) is 57.5 Å². The van der Waals surface area contributed by atoms with Crippen molar-refractivity contribution in [3.63, 3.8) is 0 Å². The number of hydrogen-bond donors (Lipinski definition) is 1. The van der Waals surface area contributed by atoms with E-state index in [1.807, 2.05) is 19.2 Å². The number of sulfone groups is 1. The van der Waals surface area contributed by atoms with E-state index in [1.165, 1.54) is 4.90 Å². The summed E-state index contributed by atoms with van der Waals surface area (Å²) in [6.07, 6.45) is 0.501. The van der Waals surface area contributed by atoms with Gasteiger partial charge in [-0.25, -0.2) is 8.42 Å². The fourth-order valence-corrected chi connectivity index (χ4v) is 4.02. The first-order chi connectivity index (χ1) is 9.91. The van der Waals surface area contributed by atoms with Crippen molar-refractivity contribution in [3.05, 3.63) is 24.3 Å². The lowest BCUT2D eigenvalue weighted by Crippen LogP contribution is -2.40. The van der Waals surface area contributed by atoms with Gasteiger partial charge in [0.1, 0.15) is 5.75 Å². The van der Waals surface area contributed by atoms with Crippen molar-refractivity contribution < 1.29 is 17.9 Å². The van der Waals surface area contributed by atoms with Crippen molar-refractivity contribution in [2.75, 3.05) is 37.5 Å². The van der Waals surface area contributed by atoms with Gasteiger partial charge in [0, 0.05) is 25.8 Å². The molecule has 1 fully saturated rings. The van der Waals surface area contributed by atoms with Crippen molar-refractivity contribution in [3.8, 4) is 5.75 Å². The van der Waals surface area contributed by atoms with Crippen LogP contribution in [0.5, 0.6) is 5.75 Å². The van der Waals surface area contributed by atoms with Gasteiger partial charge in [-0.3, -0.25) is 4.79 Å². The second kappa shape index (κ2) is 6.34. The number of anilines is 1. The van der Waals surface area contributed by atoms with Crippen molar-refractivity contribution in [1.29, 1.82) is 0 Å². The molecular weight excluding hydrogens is 292 g/mol. The summed E-state index contributed by atoms with van der Waals surface area (Å²) >= 11 is 0. The van der Waals surface area contributed by atoms with Crippen molar-refractivity contribution in [1.82, 2.24) is 4.90 Å². The van der Waals surface area contributed by atoms with Crippen molar-refractivity contribution in [2.45, 2.75) is 12.5 Å². The quantitative estimate of drug-likeness (QED) is 0.868. The molecule has 0 aromatic heterocycles. The molecule has 1 N–H and O–H groups in total. The molecule has 0 spiro atoms. The molecule has 1 heterocycles. The molecule has 21 heavy (non-hydrogen) atoms. The summed E-state index contributed by atoms with van der Waals surface area (Å²) in [5.41, 5.74) is 0.960. The predicted octanol–water partition coefficient (Wildman–Crippen LogP) is 0.753. The van der Waals surface area contributed by atoms with E-state index in [2.05, 4.69) is 5.32 Å². The summed E-state index contributed by atoms with van der Waals surface area (Å²) in [5.74, 6) is 0.595. The van der Waals surface area contributed by atoms with Gasteiger partial charge in [-0.15, -0.1) is 0 Å². The van der Waals surface area contributed by atoms with Gasteiger partial charge < -0.3 is 15.0 Å². The highest BCUT2D eigenvalue weighted by Gasteiger charge is 2.32. The van der Waals surface area contributed by atoms with E-state index in [1.54, 1.807) is 19.2 Å². The minimum Gasteiger partial charge on any atom is -0.484 e. The van der Waals surface area contributed by atoms with Crippen LogP contribution in [-0.2, 0) is 14.6 Å². The van der Waals surface area contributed by atoms with Crippen LogP contribution in [0.4, 0.5) is 5.69 Å². The van der Waals surface area contributed by atoms with Crippen LogP contribution >= 0.6 is 0 Å². The monoisotopic (exact) mass is 312 g/mol. The Hall–Kier alpha value is -1.76. The number of hydrogen-bond acceptors (Lipinski definition) is 5. The zero-order valence-corrected chi connectivity index (χ0v) is 13.0. The largest absolute Gasteiger partial charge is 0.484 e. The van der Waals surface area contributed by atoms with Crippen LogP contribution in [0.15, 0.2) is 24.3 Å². The summed E-state index contributed by atoms with van der Waals surface area (Å²) in [5, 5.41) is 2.99. The molecule has 116 valence electrons. The Balaban J connectivity index is 1.86. The Morgan fingerprint density at radius 2 is 2.05 bits per heavy atom. The zero-order chi connectivity index (χ0) is 15.5. The summed E-state index contributed by atoms with van der Waals surface area (Å²) in [4.78, 5) is 13.5. The third-order valence-corrected chi connectivity index (χ3v) is 5.41. The normalized spacial score (nSPS) is 20.0. The number of ether oxygens (including phenoxy) is 1. The molecule has 1 aliphatic heterocycles. The smallest absolute Gasteiger partial charge is 0.260 e. The predicted molar refractivity (Wildman–Crippen MR) is 81.3 cm³/mol. The maximum absolute atomic E-state index is 12.0. The lowest BCUT2D eigenvalue weighted by Gasteiger charge is -2.23. The van der Waals surface area contributed by atoms with Crippen LogP contribution in [0.2, 0.25) is 0 Å². The summed E-state index contributed by atoms with van der Waals surface area (Å²) in [6.45, 7) is -0.0913. The molecule has 1 saturated heterocycles. The van der Waals surface area contributed by atoms with Gasteiger partial charge in [-0.05, 0) is 30.7 Å². The molecule has 1 amide bonds. The molecule has 0 saturated carbocycles. The molecule has 1 aromatic rings. The first-order valence-electron chi connectivity index (χ1n) is 6.78. The number of nitrogens with zero attached hydrogens (tertiary/aromatic N) is 1. The third-order valence-electron chi connectivity index (χ3n) is 3.65. The van der Waals surface area contributed by atoms with E-state index in [9.17, 15) is 13.2 Å². The van der Waals surface area contributed by atoms with Crippen LogP contribution in [0, 0.1) is 0 Å². The summed E-state index contributed by atoms with van der Waals surface area (Å²) in [7, 11) is 0.459. The fourth-order valence-electron chi connectivity index (χ4n) is 2.25. The van der Waals surface area contributed by atoms with Gasteiger partial charge in [0.2, 0.25) is 0 Å². The van der Waals surface area contributed by atoms with Crippen molar-refractivity contribution >= 4 is 21.4 Å². The SMILES string of the molecule is CNc1ccc(OCC(=O)N(C)C2CCS(=O)(=O)C2)cc1. The fraction of sp³-hybridized carbons (Fsp3) is 0.500. The molecule has 2 rings (SSSR count). The van der Waals surface area contributed by atoms with Gasteiger partial charge in [0.25, 0.3) is 5.91 Å². The first kappa shape index (κ1) is 15.6. The lowest BCUT2D eigenvalue weighted by molar-refractivity contribution is -0.133. The van der Waals surface area contributed by atoms with Crippen LogP contribution in [0.1, 0.15) is 6.42 Å². The Kier molecular flexibility index (Phi) is 4.72. The topological polar surface area (TPSA) is 75.7 Å². The van der Waals surface area contributed by atoms with Gasteiger partial charge in [-0.2, -0.15) is 0 Å². The number of rotatable bonds is 5. The van der Waals surface area contributed by atoms with E-state index in [4.69, 9.17) is 4.74 Å². The van der Waals surface area contributed by atoms with Crippen LogP contribution in [0.3, 0.4) is 0 Å². The number of amides is 1. The second-order valence-electron chi connectivity index (χ2n) is 5.12. The Labute approximate surface area is 125 Å². The molecule has 1 aliphatic rings. The molecule has 1 aromatic carbocycles. The Bertz CT molecular complexity index is 598. The Morgan fingerprint density at radius 3 is 2.57 bits per heavy atom. The minimum absolute atomic E-state index is 0.0477. The molecule has 6 nitrogen and oxygen atoms in total. The minimum atomic E-state index is -2.99. The molecule has 7 heteroatoms. The summed E-state index contributed by atoms with van der Waals surface area (Å²) < 4.78 is 28.3. The second-order valence-corrected chi connectivity index (χ2v) is 7.35. The van der Waals surface area contributed by atoms with Gasteiger partial charge >= 0.3 is 0 Å². The van der Waals surface area contributed by atoms with Gasteiger partial charge in [0.15, 0.2) is 16.4 Å². The maximum Gasteiger partial charge on any atom is 0.260 e. The number of carbonyl (C=O) groups excluding carboxylic acids is 1. The highest BCUT2D eigenvalue weighted by Crippen LogP contribution is 2.18. The lowest BCUT2D eigenvalue weighted by atomic mass is 10.2.